The number of halogens is 8. The van der Waals surface area contributed by atoms with Gasteiger partial charge in [0.1, 0.15) is 18.4 Å². The molecule has 0 saturated heterocycles. The number of aromatic nitrogens is 2. The smallest absolute Gasteiger partial charge is 1.00 e. The molecule has 1 heterocycles. The van der Waals surface area contributed by atoms with Gasteiger partial charge in [0.2, 0.25) is 0 Å². The summed E-state index contributed by atoms with van der Waals surface area (Å²) >= 11 is 11.9. The number of sulfone groups is 1. The zero-order valence-corrected chi connectivity index (χ0v) is 23.4. The van der Waals surface area contributed by atoms with Crippen LogP contribution in [0.3, 0.4) is 0 Å². The molecule has 19 heteroatoms. The van der Waals surface area contributed by atoms with Gasteiger partial charge in [0.05, 0.1) is 28.8 Å². The van der Waals surface area contributed by atoms with E-state index in [2.05, 4.69) is 9.84 Å². The molecule has 0 spiro atoms. The standard InChI is InChI=1S/C18H14Cl2F6N4O5S.Na.H/c1-3-34-16(31)35-5-4-29(2)15-14(36(32,33)18(24,25)26)12(8-27)28-30(15)13-10(19)6-9(7-11(13)20)17(21,22)23;;/h6-7H,3-5H2,1-2H3;;/q;+1;-1. The summed E-state index contributed by atoms with van der Waals surface area (Å²) in [5.74, 6) is -0.931. The zero-order chi connectivity index (χ0) is 27.6. The minimum atomic E-state index is -6.24. The van der Waals surface area contributed by atoms with Crippen LogP contribution in [0.2, 0.25) is 10.0 Å². The summed E-state index contributed by atoms with van der Waals surface area (Å²) in [6.07, 6.45) is -6.03. The van der Waals surface area contributed by atoms with E-state index in [0.717, 1.165) is 11.9 Å². The zero-order valence-electron chi connectivity index (χ0n) is 20.0. The van der Waals surface area contributed by atoms with E-state index in [1.165, 1.54) is 13.0 Å². The van der Waals surface area contributed by atoms with Gasteiger partial charge in [-0.1, -0.05) is 23.2 Å². The van der Waals surface area contributed by atoms with Crippen molar-refractivity contribution in [2.75, 3.05) is 31.7 Å². The monoisotopic (exact) mass is 606 g/mol. The van der Waals surface area contributed by atoms with Gasteiger partial charge >= 0.3 is 47.4 Å². The Bertz CT molecular complexity index is 1300. The predicted molar refractivity (Wildman–Crippen MR) is 114 cm³/mol. The first-order valence-corrected chi connectivity index (χ1v) is 11.6. The van der Waals surface area contributed by atoms with Gasteiger partial charge in [-0.15, -0.1) is 0 Å². The molecule has 0 radical (unpaired) electrons. The van der Waals surface area contributed by atoms with E-state index in [4.69, 9.17) is 27.9 Å². The average molecular weight is 607 g/mol. The first-order chi connectivity index (χ1) is 16.5. The number of carbonyl (C=O) groups excluding carboxylic acids is 1. The number of rotatable bonds is 7. The van der Waals surface area contributed by atoms with Crippen LogP contribution in [0.5, 0.6) is 0 Å². The fourth-order valence-electron chi connectivity index (χ4n) is 2.78. The molecule has 0 N–H and O–H groups in total. The number of ether oxygens (including phenoxy) is 2. The molecule has 0 unspecified atom stereocenters. The van der Waals surface area contributed by atoms with Gasteiger partial charge in [-0.25, -0.2) is 17.9 Å². The van der Waals surface area contributed by atoms with E-state index in [1.54, 1.807) is 0 Å². The van der Waals surface area contributed by atoms with E-state index < -0.39 is 78.5 Å². The molecular formula is C18H15Cl2F6N4NaO5S. The number of anilines is 1. The van der Waals surface area contributed by atoms with Crippen LogP contribution in [-0.4, -0.2) is 56.7 Å². The van der Waals surface area contributed by atoms with Crippen LogP contribution in [0.1, 0.15) is 19.6 Å². The predicted octanol–water partition coefficient (Wildman–Crippen LogP) is 2.09. The van der Waals surface area contributed by atoms with Crippen LogP contribution in [0.25, 0.3) is 5.69 Å². The number of carbonyl (C=O) groups is 1. The van der Waals surface area contributed by atoms with Gasteiger partial charge in [0.25, 0.3) is 9.84 Å². The second-order valence-corrected chi connectivity index (χ2v) is 9.41. The van der Waals surface area contributed by atoms with Crippen molar-refractivity contribution in [2.45, 2.75) is 23.5 Å². The molecule has 37 heavy (non-hydrogen) atoms. The SMILES string of the molecule is CCOC(=O)OCCN(C)c1c(S(=O)(=O)C(F)(F)F)c(C#N)nn1-c1c(Cl)cc(C(F)(F)F)cc1Cl.[H-].[Na+]. The van der Waals surface area contributed by atoms with E-state index in [-0.39, 0.29) is 37.6 Å². The van der Waals surface area contributed by atoms with Gasteiger partial charge in [-0.2, -0.15) is 36.7 Å². The van der Waals surface area contributed by atoms with Gasteiger partial charge < -0.3 is 15.8 Å². The Morgan fingerprint density at radius 3 is 2.16 bits per heavy atom. The molecule has 200 valence electrons. The Labute approximate surface area is 239 Å². The largest absolute Gasteiger partial charge is 1.00 e. The Kier molecular flexibility index (Phi) is 11.0. The number of benzene rings is 1. The van der Waals surface area contributed by atoms with Crippen LogP contribution >= 0.6 is 23.2 Å². The molecule has 2 rings (SSSR count). The summed E-state index contributed by atoms with van der Waals surface area (Å²) in [6, 6.07) is 2.00. The minimum Gasteiger partial charge on any atom is -1.00 e. The van der Waals surface area contributed by atoms with Crippen molar-refractivity contribution in [3.63, 3.8) is 0 Å². The normalized spacial score (nSPS) is 11.9. The fraction of sp³-hybridized carbons (Fsp3) is 0.389. The van der Waals surface area contributed by atoms with Crippen LogP contribution in [0.4, 0.5) is 37.0 Å². The molecule has 9 nitrogen and oxygen atoms in total. The molecule has 0 fully saturated rings. The molecule has 0 atom stereocenters. The third-order valence-electron chi connectivity index (χ3n) is 4.32. The summed E-state index contributed by atoms with van der Waals surface area (Å²) in [5, 5.41) is 11.3. The van der Waals surface area contributed by atoms with Gasteiger partial charge in [0.15, 0.2) is 16.4 Å². The number of nitrogens with zero attached hydrogens (tertiary/aromatic N) is 4. The van der Waals surface area contributed by atoms with Crippen LogP contribution in [-0.2, 0) is 25.5 Å². The molecule has 0 aliphatic rings. The quantitative estimate of drug-likeness (QED) is 0.267. The summed E-state index contributed by atoms with van der Waals surface area (Å²) in [7, 11) is -5.19. The van der Waals surface area contributed by atoms with E-state index in [0.29, 0.717) is 16.8 Å². The van der Waals surface area contributed by atoms with E-state index in [1.807, 2.05) is 0 Å². The van der Waals surface area contributed by atoms with Gasteiger partial charge in [0, 0.05) is 7.05 Å². The number of nitriles is 1. The third-order valence-corrected chi connectivity index (χ3v) is 6.42. The number of alkyl halides is 6. The summed E-state index contributed by atoms with van der Waals surface area (Å²) in [6.45, 7) is 0.404. The summed E-state index contributed by atoms with van der Waals surface area (Å²) in [4.78, 5) is 10.6. The molecule has 0 bridgehead atoms. The Balaban J connectivity index is 0.00000684. The summed E-state index contributed by atoms with van der Waals surface area (Å²) in [5.41, 5.74) is -9.08. The van der Waals surface area contributed by atoms with Crippen LogP contribution in [0.15, 0.2) is 17.0 Å². The van der Waals surface area contributed by atoms with Gasteiger partial charge in [-0.3, -0.25) is 0 Å². The Hall–Kier alpha value is -1.90. The maximum absolute atomic E-state index is 13.5. The maximum atomic E-state index is 13.5. The molecule has 0 aliphatic carbocycles. The molecule has 1 aromatic carbocycles. The van der Waals surface area contributed by atoms with Crippen molar-refractivity contribution in [2.24, 2.45) is 0 Å². The van der Waals surface area contributed by atoms with E-state index in [9.17, 15) is 44.8 Å². The first kappa shape index (κ1) is 33.1. The molecule has 0 saturated carbocycles. The number of hydrogen-bond acceptors (Lipinski definition) is 8. The average Bonchev–Trinajstić information content (AvgIpc) is 3.12. The molecule has 0 amide bonds. The molecule has 0 aliphatic heterocycles. The Morgan fingerprint density at radius 2 is 1.73 bits per heavy atom. The fourth-order valence-corrected chi connectivity index (χ4v) is 4.49. The van der Waals surface area contributed by atoms with Gasteiger partial charge in [-0.05, 0) is 19.1 Å². The van der Waals surface area contributed by atoms with Crippen LogP contribution in [0, 0.1) is 11.3 Å². The van der Waals surface area contributed by atoms with Crippen molar-refractivity contribution in [1.82, 2.24) is 9.78 Å². The van der Waals surface area contributed by atoms with Crippen molar-refractivity contribution in [3.8, 4) is 11.8 Å². The minimum absolute atomic E-state index is 0. The van der Waals surface area contributed by atoms with Crippen molar-refractivity contribution < 1.29 is 80.0 Å². The van der Waals surface area contributed by atoms with E-state index >= 15 is 0 Å². The third kappa shape index (κ3) is 7.15. The molecule has 1 aromatic heterocycles. The second kappa shape index (κ2) is 12.3. The molecular weight excluding hydrogens is 592 g/mol. The second-order valence-electron chi connectivity index (χ2n) is 6.71. The number of hydrogen-bond donors (Lipinski definition) is 0. The Morgan fingerprint density at radius 1 is 1.19 bits per heavy atom. The van der Waals surface area contributed by atoms with Crippen molar-refractivity contribution >= 4 is 45.0 Å². The molecule has 2 aromatic rings. The van der Waals surface area contributed by atoms with Crippen LogP contribution < -0.4 is 34.5 Å². The van der Waals surface area contributed by atoms with Crippen molar-refractivity contribution in [1.29, 1.82) is 5.26 Å². The maximum Gasteiger partial charge on any atom is 1.00 e. The number of likely N-dealkylation sites (N-methyl/N-ethyl adjacent to an activating group) is 1. The summed E-state index contributed by atoms with van der Waals surface area (Å²) < 4.78 is 114. The topological polar surface area (TPSA) is 115 Å². The van der Waals surface area contributed by atoms with Crippen molar-refractivity contribution in [3.05, 3.63) is 33.4 Å². The first-order valence-electron chi connectivity index (χ1n) is 9.39.